The molecule has 128 valence electrons. The SMILES string of the molecule is COC[C@H](C)n1c(C)cc(C(=O)C[N+]23CCN(CC2)CC3)c1C. The summed E-state index contributed by atoms with van der Waals surface area (Å²) in [5.41, 5.74) is 3.15. The first kappa shape index (κ1) is 16.7. The molecule has 3 fully saturated rings. The molecule has 4 rings (SSSR count). The van der Waals surface area contributed by atoms with Crippen molar-refractivity contribution in [3.63, 3.8) is 0 Å². The number of Topliss-reactive ketones (excluding diaryl/α,β-unsaturated/α-hetero) is 1. The van der Waals surface area contributed by atoms with Gasteiger partial charge in [-0.3, -0.25) is 9.69 Å². The summed E-state index contributed by atoms with van der Waals surface area (Å²) in [6.07, 6.45) is 0. The monoisotopic (exact) mass is 320 g/mol. The van der Waals surface area contributed by atoms with Gasteiger partial charge in [0.1, 0.15) is 6.54 Å². The standard InChI is InChI=1S/C18H30N3O2/c1-14-11-17(16(3)20(14)15(2)13-23-4)18(22)12-21-8-5-19(6-9-21)7-10-21/h11,15H,5-10,12-13H2,1-4H3/q+1/t15-/m0/s1. The predicted octanol–water partition coefficient (Wildman–Crippen LogP) is 1.64. The van der Waals surface area contributed by atoms with Gasteiger partial charge in [-0.15, -0.1) is 0 Å². The fourth-order valence-corrected chi connectivity index (χ4v) is 4.41. The van der Waals surface area contributed by atoms with E-state index in [-0.39, 0.29) is 6.04 Å². The molecule has 0 radical (unpaired) electrons. The van der Waals surface area contributed by atoms with Gasteiger partial charge < -0.3 is 13.8 Å². The highest BCUT2D eigenvalue weighted by atomic mass is 16.5. The Kier molecular flexibility index (Phi) is 4.63. The fraction of sp³-hybridized carbons (Fsp3) is 0.722. The molecular formula is C18H30N3O2+. The number of aryl methyl sites for hydroxylation is 1. The number of ether oxygens (including phenoxy) is 1. The van der Waals surface area contributed by atoms with Crippen molar-refractivity contribution in [2.45, 2.75) is 26.8 Å². The molecule has 0 aliphatic carbocycles. The number of fused-ring (bicyclic) bond motifs is 3. The number of piperazine rings is 3. The van der Waals surface area contributed by atoms with Gasteiger partial charge in [-0.2, -0.15) is 0 Å². The molecule has 0 N–H and O–H groups in total. The second kappa shape index (κ2) is 6.38. The van der Waals surface area contributed by atoms with Gasteiger partial charge in [0, 0.05) is 43.7 Å². The van der Waals surface area contributed by atoms with Crippen LogP contribution < -0.4 is 0 Å². The zero-order chi connectivity index (χ0) is 16.6. The predicted molar refractivity (Wildman–Crippen MR) is 91.0 cm³/mol. The lowest BCUT2D eigenvalue weighted by Crippen LogP contribution is -2.68. The lowest BCUT2D eigenvalue weighted by atomic mass is 10.1. The van der Waals surface area contributed by atoms with Crippen molar-refractivity contribution in [1.82, 2.24) is 9.47 Å². The number of carbonyl (C=O) groups is 1. The van der Waals surface area contributed by atoms with E-state index >= 15 is 0 Å². The topological polar surface area (TPSA) is 34.5 Å². The van der Waals surface area contributed by atoms with E-state index in [0.29, 0.717) is 18.9 Å². The Labute approximate surface area is 139 Å². The first-order valence-corrected chi connectivity index (χ1v) is 8.74. The van der Waals surface area contributed by atoms with Crippen molar-refractivity contribution in [3.8, 4) is 0 Å². The summed E-state index contributed by atoms with van der Waals surface area (Å²) < 4.78 is 8.52. The average molecular weight is 320 g/mol. The summed E-state index contributed by atoms with van der Waals surface area (Å²) in [6.45, 7) is 14.5. The Balaban J connectivity index is 1.79. The minimum absolute atomic E-state index is 0.257. The number of hydrogen-bond donors (Lipinski definition) is 0. The van der Waals surface area contributed by atoms with Gasteiger partial charge in [-0.25, -0.2) is 0 Å². The van der Waals surface area contributed by atoms with E-state index in [1.165, 1.54) is 0 Å². The summed E-state index contributed by atoms with van der Waals surface area (Å²) in [4.78, 5) is 15.5. The largest absolute Gasteiger partial charge is 0.383 e. The number of ketones is 1. The van der Waals surface area contributed by atoms with Gasteiger partial charge in [-0.05, 0) is 26.8 Å². The third kappa shape index (κ3) is 3.10. The quantitative estimate of drug-likeness (QED) is 0.590. The molecule has 3 saturated heterocycles. The lowest BCUT2D eigenvalue weighted by molar-refractivity contribution is -0.933. The summed E-state index contributed by atoms with van der Waals surface area (Å²) in [5, 5.41) is 0. The van der Waals surface area contributed by atoms with Crippen molar-refractivity contribution in [2.75, 3.05) is 59.5 Å². The Bertz CT molecular complexity index is 572. The Morgan fingerprint density at radius 2 is 1.87 bits per heavy atom. The van der Waals surface area contributed by atoms with Crippen LogP contribution in [0.25, 0.3) is 0 Å². The number of rotatable bonds is 6. The zero-order valence-electron chi connectivity index (χ0n) is 15.0. The smallest absolute Gasteiger partial charge is 0.218 e. The van der Waals surface area contributed by atoms with Crippen LogP contribution in [0.2, 0.25) is 0 Å². The molecule has 1 aromatic heterocycles. The van der Waals surface area contributed by atoms with Crippen LogP contribution in [0.3, 0.4) is 0 Å². The van der Waals surface area contributed by atoms with E-state index in [1.54, 1.807) is 7.11 Å². The first-order chi connectivity index (χ1) is 11.0. The molecule has 5 nitrogen and oxygen atoms in total. The van der Waals surface area contributed by atoms with Crippen LogP contribution in [0.5, 0.6) is 0 Å². The summed E-state index contributed by atoms with van der Waals surface area (Å²) >= 11 is 0. The maximum atomic E-state index is 13.0. The summed E-state index contributed by atoms with van der Waals surface area (Å²) in [6, 6.07) is 2.33. The van der Waals surface area contributed by atoms with E-state index in [0.717, 1.165) is 60.7 Å². The Morgan fingerprint density at radius 3 is 2.43 bits per heavy atom. The van der Waals surface area contributed by atoms with Crippen molar-refractivity contribution in [2.24, 2.45) is 0 Å². The highest BCUT2D eigenvalue weighted by molar-refractivity contribution is 5.98. The molecule has 1 atom stereocenters. The molecule has 3 aliphatic heterocycles. The van der Waals surface area contributed by atoms with Crippen LogP contribution >= 0.6 is 0 Å². The summed E-state index contributed by atoms with van der Waals surface area (Å²) in [5.74, 6) is 0.310. The van der Waals surface area contributed by atoms with Gasteiger partial charge in [-0.1, -0.05) is 0 Å². The van der Waals surface area contributed by atoms with E-state index in [2.05, 4.69) is 36.3 Å². The van der Waals surface area contributed by atoms with Crippen molar-refractivity contribution >= 4 is 5.78 Å². The molecule has 0 spiro atoms. The van der Waals surface area contributed by atoms with Crippen molar-refractivity contribution in [1.29, 1.82) is 0 Å². The second-order valence-electron chi connectivity index (χ2n) is 7.39. The van der Waals surface area contributed by atoms with Crippen LogP contribution in [-0.4, -0.2) is 79.3 Å². The lowest BCUT2D eigenvalue weighted by Gasteiger charge is -2.50. The van der Waals surface area contributed by atoms with Gasteiger partial charge in [0.05, 0.1) is 32.3 Å². The van der Waals surface area contributed by atoms with Gasteiger partial charge >= 0.3 is 0 Å². The molecule has 1 aromatic rings. The number of aromatic nitrogens is 1. The van der Waals surface area contributed by atoms with Gasteiger partial charge in [0.2, 0.25) is 5.78 Å². The molecule has 0 amide bonds. The maximum absolute atomic E-state index is 13.0. The van der Waals surface area contributed by atoms with Crippen LogP contribution in [0.1, 0.15) is 34.7 Å². The Hall–Kier alpha value is -1.17. The van der Waals surface area contributed by atoms with Gasteiger partial charge in [0.15, 0.2) is 0 Å². The number of hydrogen-bond acceptors (Lipinski definition) is 3. The first-order valence-electron chi connectivity index (χ1n) is 8.74. The third-order valence-electron chi connectivity index (χ3n) is 5.78. The molecular weight excluding hydrogens is 290 g/mol. The molecule has 0 unspecified atom stereocenters. The van der Waals surface area contributed by atoms with Crippen molar-refractivity contribution < 1.29 is 14.0 Å². The van der Waals surface area contributed by atoms with Crippen LogP contribution in [-0.2, 0) is 4.74 Å². The molecule has 2 bridgehead atoms. The molecule has 0 aromatic carbocycles. The van der Waals surface area contributed by atoms with Crippen molar-refractivity contribution in [3.05, 3.63) is 23.0 Å². The van der Waals surface area contributed by atoms with Crippen LogP contribution in [0.15, 0.2) is 6.07 Å². The number of quaternary nitrogens is 1. The van der Waals surface area contributed by atoms with Gasteiger partial charge in [0.25, 0.3) is 0 Å². The third-order valence-corrected chi connectivity index (χ3v) is 5.78. The normalized spacial score (nSPS) is 28.1. The maximum Gasteiger partial charge on any atom is 0.218 e. The number of nitrogens with zero attached hydrogens (tertiary/aromatic N) is 3. The molecule has 0 saturated carbocycles. The average Bonchev–Trinajstić information content (AvgIpc) is 2.84. The second-order valence-corrected chi connectivity index (χ2v) is 7.39. The number of methoxy groups -OCH3 is 1. The minimum atomic E-state index is 0.257. The number of carbonyl (C=O) groups excluding carboxylic acids is 1. The molecule has 23 heavy (non-hydrogen) atoms. The van der Waals surface area contributed by atoms with E-state index < -0.39 is 0 Å². The highest BCUT2D eigenvalue weighted by Gasteiger charge is 2.40. The summed E-state index contributed by atoms with van der Waals surface area (Å²) in [7, 11) is 1.73. The van der Waals surface area contributed by atoms with E-state index in [4.69, 9.17) is 4.74 Å². The Morgan fingerprint density at radius 1 is 1.26 bits per heavy atom. The van der Waals surface area contributed by atoms with Crippen LogP contribution in [0, 0.1) is 13.8 Å². The molecule has 3 aliphatic rings. The van der Waals surface area contributed by atoms with Crippen LogP contribution in [0.4, 0.5) is 0 Å². The highest BCUT2D eigenvalue weighted by Crippen LogP contribution is 2.24. The zero-order valence-corrected chi connectivity index (χ0v) is 15.0. The molecule has 5 heteroatoms. The fourth-order valence-electron chi connectivity index (χ4n) is 4.41. The minimum Gasteiger partial charge on any atom is -0.383 e. The van der Waals surface area contributed by atoms with E-state index in [9.17, 15) is 4.79 Å². The molecule has 4 heterocycles. The van der Waals surface area contributed by atoms with E-state index in [1.807, 2.05) is 0 Å².